The molecule has 90 valence electrons. The highest BCUT2D eigenvalue weighted by Crippen LogP contribution is 2.31. The third-order valence-electron chi connectivity index (χ3n) is 1.56. The highest BCUT2D eigenvalue weighted by molar-refractivity contribution is 5.79. The van der Waals surface area contributed by atoms with E-state index >= 15 is 0 Å². The van der Waals surface area contributed by atoms with Gasteiger partial charge in [0.25, 0.3) is 0 Å². The first kappa shape index (κ1) is 14.2. The van der Waals surface area contributed by atoms with E-state index in [2.05, 4.69) is 0 Å². The van der Waals surface area contributed by atoms with Crippen molar-refractivity contribution < 1.29 is 31.1 Å². The van der Waals surface area contributed by atoms with Crippen molar-refractivity contribution in [3.63, 3.8) is 0 Å². The van der Waals surface area contributed by atoms with E-state index in [4.69, 9.17) is 0 Å². The Morgan fingerprint density at radius 1 is 0.867 bits per heavy atom. The fourth-order valence-corrected chi connectivity index (χ4v) is 0.997. The van der Waals surface area contributed by atoms with Gasteiger partial charge in [-0.05, 0) is 12.8 Å². The fraction of sp³-hybridized carbons (Fsp3) is 0.875. The smallest absolute Gasteiger partial charge is 0.300 e. The molecule has 0 unspecified atom stereocenters. The van der Waals surface area contributed by atoms with Crippen LogP contribution in [0.2, 0.25) is 0 Å². The maximum absolute atomic E-state index is 10.8. The predicted octanol–water partition coefficient (Wildman–Crippen LogP) is 3.63. The van der Waals surface area contributed by atoms with Gasteiger partial charge in [-0.2, -0.15) is 26.3 Å². The van der Waals surface area contributed by atoms with Gasteiger partial charge in [0.05, 0.1) is 0 Å². The molecule has 0 saturated heterocycles. The first-order valence-electron chi connectivity index (χ1n) is 4.25. The molecule has 0 aromatic rings. The van der Waals surface area contributed by atoms with Crippen LogP contribution in [0.15, 0.2) is 0 Å². The molecule has 0 amide bonds. The van der Waals surface area contributed by atoms with Gasteiger partial charge in [-0.1, -0.05) is 0 Å². The molecule has 1 aliphatic carbocycles. The fourth-order valence-electron chi connectivity index (χ4n) is 0.997. The zero-order valence-corrected chi connectivity index (χ0v) is 7.71. The van der Waals surface area contributed by atoms with Crippen molar-refractivity contribution in [2.24, 2.45) is 0 Å². The highest BCUT2D eigenvalue weighted by Gasteiger charge is 2.43. The van der Waals surface area contributed by atoms with E-state index < -0.39 is 18.8 Å². The second-order valence-electron chi connectivity index (χ2n) is 3.15. The van der Waals surface area contributed by atoms with Gasteiger partial charge in [0.2, 0.25) is 0 Å². The van der Waals surface area contributed by atoms with Crippen LogP contribution in [-0.4, -0.2) is 18.1 Å². The van der Waals surface area contributed by atoms with Crippen LogP contribution in [-0.2, 0) is 4.79 Å². The Bertz CT molecular complexity index is 184. The molecule has 1 saturated carbocycles. The SMILES string of the molecule is FC(F)(F)CC(F)(F)F.O=C1CCCC1. The lowest BCUT2D eigenvalue weighted by Crippen LogP contribution is -2.20. The molecule has 0 heterocycles. The summed E-state index contributed by atoms with van der Waals surface area (Å²) in [5, 5.41) is 0. The van der Waals surface area contributed by atoms with E-state index in [0.29, 0.717) is 5.78 Å². The first-order chi connectivity index (χ1) is 6.60. The molecule has 7 heteroatoms. The van der Waals surface area contributed by atoms with E-state index in [1.807, 2.05) is 0 Å². The molecule has 0 spiro atoms. The summed E-state index contributed by atoms with van der Waals surface area (Å²) >= 11 is 0. The van der Waals surface area contributed by atoms with Crippen molar-refractivity contribution in [3.8, 4) is 0 Å². The van der Waals surface area contributed by atoms with Crippen LogP contribution in [0.4, 0.5) is 26.3 Å². The molecule has 1 rings (SSSR count). The molecular formula is C8H10F6O. The van der Waals surface area contributed by atoms with Crippen LogP contribution in [0.5, 0.6) is 0 Å². The molecular weight excluding hydrogens is 226 g/mol. The van der Waals surface area contributed by atoms with E-state index in [9.17, 15) is 31.1 Å². The Hall–Kier alpha value is -0.750. The molecule has 0 atom stereocenters. The lowest BCUT2D eigenvalue weighted by Gasteiger charge is -2.08. The van der Waals surface area contributed by atoms with Crippen molar-refractivity contribution in [2.45, 2.75) is 44.5 Å². The summed E-state index contributed by atoms with van der Waals surface area (Å²) in [6.07, 6.45) is -9.02. The minimum Gasteiger partial charge on any atom is -0.300 e. The summed E-state index contributed by atoms with van der Waals surface area (Å²) in [4.78, 5) is 10.2. The number of hydrogen-bond acceptors (Lipinski definition) is 1. The summed E-state index contributed by atoms with van der Waals surface area (Å²) in [5.74, 6) is 0.454. The standard InChI is InChI=1S/C5H8O.C3H2F6/c6-5-3-1-2-4-5;4-2(5,6)1-3(7,8)9/h1-4H2;1H2. The van der Waals surface area contributed by atoms with Crippen LogP contribution >= 0.6 is 0 Å². The molecule has 1 aliphatic rings. The van der Waals surface area contributed by atoms with E-state index in [1.54, 1.807) is 0 Å². The maximum atomic E-state index is 10.8. The molecule has 0 aliphatic heterocycles. The normalized spacial score (nSPS) is 17.3. The van der Waals surface area contributed by atoms with Crippen molar-refractivity contribution in [2.75, 3.05) is 0 Å². The number of rotatable bonds is 0. The van der Waals surface area contributed by atoms with Gasteiger partial charge in [0, 0.05) is 12.8 Å². The lowest BCUT2D eigenvalue weighted by molar-refractivity contribution is -0.232. The quantitative estimate of drug-likeness (QED) is 0.587. The molecule has 0 N–H and O–H groups in total. The zero-order valence-electron chi connectivity index (χ0n) is 7.71. The molecule has 0 bridgehead atoms. The van der Waals surface area contributed by atoms with Gasteiger partial charge < -0.3 is 0 Å². The topological polar surface area (TPSA) is 17.1 Å². The second-order valence-corrected chi connectivity index (χ2v) is 3.15. The van der Waals surface area contributed by atoms with E-state index in [1.165, 1.54) is 0 Å². The molecule has 15 heavy (non-hydrogen) atoms. The lowest BCUT2D eigenvalue weighted by atomic mass is 10.4. The average molecular weight is 236 g/mol. The summed E-state index contributed by atoms with van der Waals surface area (Å²) in [6, 6.07) is 0. The van der Waals surface area contributed by atoms with Crippen molar-refractivity contribution >= 4 is 5.78 Å². The third kappa shape index (κ3) is 11.2. The average Bonchev–Trinajstić information content (AvgIpc) is 2.31. The largest absolute Gasteiger partial charge is 0.397 e. The summed E-state index contributed by atoms with van der Waals surface area (Å²) in [6.45, 7) is 0. The predicted molar refractivity (Wildman–Crippen MR) is 40.2 cm³/mol. The number of carbonyl (C=O) groups is 1. The minimum absolute atomic E-state index is 0.454. The van der Waals surface area contributed by atoms with Crippen LogP contribution in [0.1, 0.15) is 32.1 Å². The Morgan fingerprint density at radius 3 is 1.27 bits per heavy atom. The Labute approximate surface area is 82.4 Å². The zero-order chi connectivity index (χ0) is 12.1. The summed E-state index contributed by atoms with van der Waals surface area (Å²) in [5.41, 5.74) is 0. The van der Waals surface area contributed by atoms with E-state index in [-0.39, 0.29) is 0 Å². The molecule has 0 radical (unpaired) electrons. The monoisotopic (exact) mass is 236 g/mol. The van der Waals surface area contributed by atoms with Crippen LogP contribution in [0, 0.1) is 0 Å². The van der Waals surface area contributed by atoms with Gasteiger partial charge in [-0.25, -0.2) is 0 Å². The van der Waals surface area contributed by atoms with Crippen molar-refractivity contribution in [1.29, 1.82) is 0 Å². The Morgan fingerprint density at radius 2 is 1.20 bits per heavy atom. The number of halogens is 6. The third-order valence-corrected chi connectivity index (χ3v) is 1.56. The second kappa shape index (κ2) is 5.37. The van der Waals surface area contributed by atoms with Crippen LogP contribution < -0.4 is 0 Å². The minimum atomic E-state index is -5.14. The molecule has 1 fully saturated rings. The van der Waals surface area contributed by atoms with Gasteiger partial charge in [0.15, 0.2) is 0 Å². The number of Topliss-reactive ketones (excluding diaryl/α,β-unsaturated/α-hetero) is 1. The first-order valence-corrected chi connectivity index (χ1v) is 4.25. The van der Waals surface area contributed by atoms with Gasteiger partial charge in [-0.3, -0.25) is 4.79 Å². The van der Waals surface area contributed by atoms with Gasteiger partial charge in [0.1, 0.15) is 12.2 Å². The summed E-state index contributed by atoms with van der Waals surface area (Å²) < 4.78 is 65.0. The molecule has 0 aromatic heterocycles. The highest BCUT2D eigenvalue weighted by atomic mass is 19.4. The van der Waals surface area contributed by atoms with Gasteiger partial charge >= 0.3 is 12.4 Å². The van der Waals surface area contributed by atoms with Crippen molar-refractivity contribution in [3.05, 3.63) is 0 Å². The van der Waals surface area contributed by atoms with E-state index in [0.717, 1.165) is 25.7 Å². The molecule has 1 nitrogen and oxygen atoms in total. The van der Waals surface area contributed by atoms with Crippen LogP contribution in [0.3, 0.4) is 0 Å². The van der Waals surface area contributed by atoms with Gasteiger partial charge in [-0.15, -0.1) is 0 Å². The van der Waals surface area contributed by atoms with Crippen molar-refractivity contribution in [1.82, 2.24) is 0 Å². The summed E-state index contributed by atoms with van der Waals surface area (Å²) in [7, 11) is 0. The number of carbonyl (C=O) groups excluding carboxylic acids is 1. The Kier molecular flexibility index (Phi) is 5.10. The Balaban J connectivity index is 0.000000280. The van der Waals surface area contributed by atoms with Crippen LogP contribution in [0.25, 0.3) is 0 Å². The molecule has 0 aromatic carbocycles. The number of hydrogen-bond donors (Lipinski definition) is 0. The number of ketones is 1. The maximum Gasteiger partial charge on any atom is 0.397 e. The number of alkyl halides is 6.